The number of carbonyl (C=O) groups excluding carboxylic acids is 1. The molecule has 0 saturated heterocycles. The first kappa shape index (κ1) is 14.2. The van der Waals surface area contributed by atoms with Crippen LogP contribution >= 0.6 is 0 Å². The minimum Gasteiger partial charge on any atom is -0.343 e. The molecule has 1 heterocycles. The molecule has 18 heavy (non-hydrogen) atoms. The van der Waals surface area contributed by atoms with E-state index in [1.54, 1.807) is 23.7 Å². The normalized spacial score (nSPS) is 9.89. The maximum atomic E-state index is 11.9. The number of aromatic nitrogens is 2. The van der Waals surface area contributed by atoms with Gasteiger partial charge in [-0.15, -0.1) is 0 Å². The number of hydrogen-bond acceptors (Lipinski definition) is 2. The molecule has 2 rings (SSSR count). The summed E-state index contributed by atoms with van der Waals surface area (Å²) in [7, 11) is 5.33. The highest BCUT2D eigenvalue weighted by Gasteiger charge is 2.17. The summed E-state index contributed by atoms with van der Waals surface area (Å²) in [5, 5.41) is 5.22. The van der Waals surface area contributed by atoms with Gasteiger partial charge in [0, 0.05) is 26.5 Å². The Morgan fingerprint density at radius 1 is 1.28 bits per heavy atom. The van der Waals surface area contributed by atoms with Gasteiger partial charge in [-0.1, -0.05) is 32.0 Å². The van der Waals surface area contributed by atoms with E-state index in [1.165, 1.54) is 0 Å². The molecule has 0 aliphatic heterocycles. The van der Waals surface area contributed by atoms with Crippen LogP contribution in [0.1, 0.15) is 29.9 Å². The summed E-state index contributed by atoms with van der Waals surface area (Å²) >= 11 is 0. The molecule has 0 aliphatic rings. The maximum absolute atomic E-state index is 11.9. The Labute approximate surface area is 108 Å². The van der Waals surface area contributed by atoms with Crippen LogP contribution in [0.3, 0.4) is 0 Å². The van der Waals surface area contributed by atoms with Crippen LogP contribution in [0.25, 0.3) is 10.9 Å². The molecule has 1 aromatic heterocycles. The number of aryl methyl sites for hydroxylation is 2. The molecule has 1 amide bonds. The van der Waals surface area contributed by atoms with Crippen molar-refractivity contribution >= 4 is 16.8 Å². The Kier molecular flexibility index (Phi) is 4.48. The fourth-order valence-corrected chi connectivity index (χ4v) is 1.90. The Morgan fingerprint density at radius 3 is 2.44 bits per heavy atom. The third kappa shape index (κ3) is 2.37. The second kappa shape index (κ2) is 5.67. The molecule has 4 nitrogen and oxygen atoms in total. The van der Waals surface area contributed by atoms with Gasteiger partial charge in [-0.2, -0.15) is 5.10 Å². The van der Waals surface area contributed by atoms with E-state index < -0.39 is 0 Å². The molecule has 0 spiro atoms. The van der Waals surface area contributed by atoms with Gasteiger partial charge in [0.2, 0.25) is 0 Å². The summed E-state index contributed by atoms with van der Waals surface area (Å²) < 4.78 is 1.77. The van der Waals surface area contributed by atoms with Gasteiger partial charge in [0.1, 0.15) is 0 Å². The standard InChI is InChI=1S/C12H15N3O.C2H6/c1-8-6-5-7-9-10(12(16)14(2)3)13-15(4)11(8)9;1-2/h5-7H,1-4H3;1-2H3. The molecule has 0 saturated carbocycles. The molecule has 98 valence electrons. The molecular formula is C14H21N3O. The third-order valence-electron chi connectivity index (χ3n) is 2.68. The number of rotatable bonds is 1. The van der Waals surface area contributed by atoms with Crippen LogP contribution in [-0.2, 0) is 7.05 Å². The molecule has 4 heteroatoms. The summed E-state index contributed by atoms with van der Waals surface area (Å²) in [5.74, 6) is -0.0591. The lowest BCUT2D eigenvalue weighted by Crippen LogP contribution is -2.22. The molecule has 1 aromatic carbocycles. The Balaban J connectivity index is 0.000000771. The van der Waals surface area contributed by atoms with E-state index >= 15 is 0 Å². The second-order valence-electron chi connectivity index (χ2n) is 4.14. The van der Waals surface area contributed by atoms with Crippen molar-refractivity contribution in [1.29, 1.82) is 0 Å². The van der Waals surface area contributed by atoms with Crippen LogP contribution in [0.4, 0.5) is 0 Å². The number of benzene rings is 1. The van der Waals surface area contributed by atoms with Gasteiger partial charge >= 0.3 is 0 Å². The van der Waals surface area contributed by atoms with Crippen molar-refractivity contribution in [3.05, 3.63) is 29.5 Å². The van der Waals surface area contributed by atoms with Crippen LogP contribution in [0.5, 0.6) is 0 Å². The number of amides is 1. The van der Waals surface area contributed by atoms with Gasteiger partial charge in [0.15, 0.2) is 5.69 Å². The van der Waals surface area contributed by atoms with Gasteiger partial charge in [0.05, 0.1) is 5.52 Å². The van der Waals surface area contributed by atoms with Crippen molar-refractivity contribution in [2.45, 2.75) is 20.8 Å². The van der Waals surface area contributed by atoms with Crippen molar-refractivity contribution in [2.24, 2.45) is 7.05 Å². The topological polar surface area (TPSA) is 38.1 Å². The zero-order valence-corrected chi connectivity index (χ0v) is 12.0. The highest BCUT2D eigenvalue weighted by Crippen LogP contribution is 2.21. The summed E-state index contributed by atoms with van der Waals surface area (Å²) in [4.78, 5) is 13.5. The van der Waals surface area contributed by atoms with Crippen molar-refractivity contribution in [2.75, 3.05) is 14.1 Å². The van der Waals surface area contributed by atoms with E-state index in [0.717, 1.165) is 16.5 Å². The zero-order valence-electron chi connectivity index (χ0n) is 12.0. The van der Waals surface area contributed by atoms with E-state index in [4.69, 9.17) is 0 Å². The van der Waals surface area contributed by atoms with Crippen molar-refractivity contribution in [3.8, 4) is 0 Å². The molecule has 0 fully saturated rings. The molecule has 0 unspecified atom stereocenters. The quantitative estimate of drug-likeness (QED) is 0.777. The van der Waals surface area contributed by atoms with Crippen LogP contribution < -0.4 is 0 Å². The number of fused-ring (bicyclic) bond motifs is 1. The summed E-state index contributed by atoms with van der Waals surface area (Å²) in [6, 6.07) is 5.91. The van der Waals surface area contributed by atoms with E-state index in [9.17, 15) is 4.79 Å². The minimum atomic E-state index is -0.0591. The van der Waals surface area contributed by atoms with Crippen LogP contribution in [-0.4, -0.2) is 34.7 Å². The molecule has 2 aromatic rings. The molecular weight excluding hydrogens is 226 g/mol. The van der Waals surface area contributed by atoms with Crippen LogP contribution in [0.2, 0.25) is 0 Å². The van der Waals surface area contributed by atoms with E-state index in [0.29, 0.717) is 5.69 Å². The van der Waals surface area contributed by atoms with Gasteiger partial charge in [-0.25, -0.2) is 0 Å². The molecule has 0 N–H and O–H groups in total. The number of para-hydroxylation sites is 1. The zero-order chi connectivity index (χ0) is 13.9. The van der Waals surface area contributed by atoms with E-state index in [-0.39, 0.29) is 5.91 Å². The van der Waals surface area contributed by atoms with Crippen LogP contribution in [0, 0.1) is 6.92 Å². The SMILES string of the molecule is CC.Cc1cccc2c(C(=O)N(C)C)nn(C)c12. The van der Waals surface area contributed by atoms with Crippen LogP contribution in [0.15, 0.2) is 18.2 Å². The van der Waals surface area contributed by atoms with Gasteiger partial charge in [-0.3, -0.25) is 9.48 Å². The Bertz CT molecular complexity index is 555. The molecule has 0 atom stereocenters. The van der Waals surface area contributed by atoms with Crippen molar-refractivity contribution < 1.29 is 4.79 Å². The minimum absolute atomic E-state index is 0.0591. The Hall–Kier alpha value is -1.84. The average molecular weight is 247 g/mol. The van der Waals surface area contributed by atoms with Crippen molar-refractivity contribution in [3.63, 3.8) is 0 Å². The van der Waals surface area contributed by atoms with Gasteiger partial charge in [-0.05, 0) is 12.5 Å². The highest BCUT2D eigenvalue weighted by molar-refractivity contribution is 6.05. The first-order valence-corrected chi connectivity index (χ1v) is 6.16. The number of carbonyl (C=O) groups is 1. The van der Waals surface area contributed by atoms with E-state index in [2.05, 4.69) is 5.10 Å². The first-order valence-electron chi connectivity index (χ1n) is 6.16. The lowest BCUT2D eigenvalue weighted by atomic mass is 10.1. The maximum Gasteiger partial charge on any atom is 0.274 e. The lowest BCUT2D eigenvalue weighted by Gasteiger charge is -2.07. The predicted octanol–water partition coefficient (Wildman–Crippen LogP) is 2.61. The summed E-state index contributed by atoms with van der Waals surface area (Å²) in [6.07, 6.45) is 0. The van der Waals surface area contributed by atoms with E-state index in [1.807, 2.05) is 46.0 Å². The fraction of sp³-hybridized carbons (Fsp3) is 0.429. The molecule has 0 radical (unpaired) electrons. The molecule has 0 bridgehead atoms. The number of nitrogens with zero attached hydrogens (tertiary/aromatic N) is 3. The second-order valence-corrected chi connectivity index (χ2v) is 4.14. The third-order valence-corrected chi connectivity index (χ3v) is 2.68. The van der Waals surface area contributed by atoms with Crippen molar-refractivity contribution in [1.82, 2.24) is 14.7 Å². The fourth-order valence-electron chi connectivity index (χ4n) is 1.90. The molecule has 0 aliphatic carbocycles. The predicted molar refractivity (Wildman–Crippen MR) is 74.8 cm³/mol. The Morgan fingerprint density at radius 2 is 1.89 bits per heavy atom. The summed E-state index contributed by atoms with van der Waals surface area (Å²) in [5.41, 5.74) is 2.67. The smallest absolute Gasteiger partial charge is 0.274 e. The largest absolute Gasteiger partial charge is 0.343 e. The van der Waals surface area contributed by atoms with Gasteiger partial charge in [0.25, 0.3) is 5.91 Å². The highest BCUT2D eigenvalue weighted by atomic mass is 16.2. The monoisotopic (exact) mass is 247 g/mol. The summed E-state index contributed by atoms with van der Waals surface area (Å²) in [6.45, 7) is 6.02. The van der Waals surface area contributed by atoms with Gasteiger partial charge < -0.3 is 4.90 Å². The number of hydrogen-bond donors (Lipinski definition) is 0. The average Bonchev–Trinajstić information content (AvgIpc) is 2.69. The lowest BCUT2D eigenvalue weighted by molar-refractivity contribution is 0.0823. The first-order chi connectivity index (χ1) is 8.52.